The molecular weight excluding hydrogens is 358 g/mol. The van der Waals surface area contributed by atoms with Crippen LogP contribution in [-0.2, 0) is 9.53 Å². The highest BCUT2D eigenvalue weighted by molar-refractivity contribution is 5.95. The Labute approximate surface area is 164 Å². The third-order valence-corrected chi connectivity index (χ3v) is 4.49. The molecule has 3 N–H and O–H groups in total. The Morgan fingerprint density at radius 2 is 1.79 bits per heavy atom. The molecule has 2 aromatic rings. The van der Waals surface area contributed by atoms with Gasteiger partial charge in [-0.3, -0.25) is 9.59 Å². The van der Waals surface area contributed by atoms with E-state index in [2.05, 4.69) is 16.0 Å². The van der Waals surface area contributed by atoms with Gasteiger partial charge in [-0.1, -0.05) is 0 Å². The maximum absolute atomic E-state index is 12.2. The highest BCUT2D eigenvalue weighted by Gasteiger charge is 2.16. The quantitative estimate of drug-likeness (QED) is 0.652. The first kappa shape index (κ1) is 19.7. The number of benzene rings is 2. The van der Waals surface area contributed by atoms with Crippen LogP contribution in [-0.4, -0.2) is 44.7 Å². The molecule has 0 radical (unpaired) electrons. The average molecular weight is 383 g/mol. The van der Waals surface area contributed by atoms with Crippen molar-refractivity contribution in [1.82, 2.24) is 5.32 Å². The van der Waals surface area contributed by atoms with E-state index >= 15 is 0 Å². The number of anilines is 2. The SMILES string of the molecule is COc1ccc(NC(=O)CNc2ccc(C(=O)NCC3CCCO3)cc2)cc1. The zero-order valence-corrected chi connectivity index (χ0v) is 15.9. The molecule has 0 aliphatic carbocycles. The molecule has 7 nitrogen and oxygen atoms in total. The number of hydrogen-bond acceptors (Lipinski definition) is 5. The van der Waals surface area contributed by atoms with E-state index in [-0.39, 0.29) is 24.5 Å². The number of carbonyl (C=O) groups is 2. The third-order valence-electron chi connectivity index (χ3n) is 4.49. The van der Waals surface area contributed by atoms with E-state index in [0.29, 0.717) is 17.8 Å². The minimum Gasteiger partial charge on any atom is -0.497 e. The van der Waals surface area contributed by atoms with Gasteiger partial charge in [0, 0.05) is 30.1 Å². The predicted molar refractivity (Wildman–Crippen MR) is 108 cm³/mol. The third kappa shape index (κ3) is 5.72. The molecule has 1 unspecified atom stereocenters. The summed E-state index contributed by atoms with van der Waals surface area (Å²) in [6.45, 7) is 1.42. The summed E-state index contributed by atoms with van der Waals surface area (Å²) in [7, 11) is 1.59. The molecule has 0 bridgehead atoms. The van der Waals surface area contributed by atoms with E-state index in [1.54, 1.807) is 55.6 Å². The molecule has 1 saturated heterocycles. The maximum atomic E-state index is 12.2. The van der Waals surface area contributed by atoms with Gasteiger partial charge in [0.25, 0.3) is 5.91 Å². The lowest BCUT2D eigenvalue weighted by Crippen LogP contribution is -2.31. The Morgan fingerprint density at radius 1 is 1.07 bits per heavy atom. The Bertz CT molecular complexity index is 784. The first-order valence-electron chi connectivity index (χ1n) is 9.31. The van der Waals surface area contributed by atoms with Crippen LogP contribution in [0.1, 0.15) is 23.2 Å². The van der Waals surface area contributed by atoms with Crippen molar-refractivity contribution < 1.29 is 19.1 Å². The van der Waals surface area contributed by atoms with Crippen LogP contribution in [0.25, 0.3) is 0 Å². The number of carbonyl (C=O) groups excluding carboxylic acids is 2. The summed E-state index contributed by atoms with van der Waals surface area (Å²) in [5, 5.41) is 8.73. The van der Waals surface area contributed by atoms with Crippen molar-refractivity contribution in [3.05, 3.63) is 54.1 Å². The fraction of sp³-hybridized carbons (Fsp3) is 0.333. The van der Waals surface area contributed by atoms with Crippen LogP contribution in [0.2, 0.25) is 0 Å². The molecule has 1 heterocycles. The molecule has 0 saturated carbocycles. The van der Waals surface area contributed by atoms with Crippen LogP contribution < -0.4 is 20.7 Å². The first-order chi connectivity index (χ1) is 13.6. The summed E-state index contributed by atoms with van der Waals surface area (Å²) in [6.07, 6.45) is 2.16. The summed E-state index contributed by atoms with van der Waals surface area (Å²) >= 11 is 0. The lowest BCUT2D eigenvalue weighted by Gasteiger charge is -2.11. The standard InChI is InChI=1S/C21H25N3O4/c1-27-18-10-8-17(9-11-18)24-20(25)14-22-16-6-4-15(5-7-16)21(26)23-13-19-3-2-12-28-19/h4-11,19,22H,2-3,12-14H2,1H3,(H,23,26)(H,24,25). The fourth-order valence-electron chi connectivity index (χ4n) is 2.92. The van der Waals surface area contributed by atoms with Crippen LogP contribution >= 0.6 is 0 Å². The fourth-order valence-corrected chi connectivity index (χ4v) is 2.92. The molecule has 1 atom stereocenters. The van der Waals surface area contributed by atoms with Crippen LogP contribution in [0.3, 0.4) is 0 Å². The van der Waals surface area contributed by atoms with E-state index in [0.717, 1.165) is 30.9 Å². The number of amides is 2. The lowest BCUT2D eigenvalue weighted by molar-refractivity contribution is -0.114. The Hall–Kier alpha value is -3.06. The molecule has 0 aromatic heterocycles. The molecule has 0 spiro atoms. The van der Waals surface area contributed by atoms with Crippen molar-refractivity contribution in [1.29, 1.82) is 0 Å². The van der Waals surface area contributed by atoms with E-state index in [9.17, 15) is 9.59 Å². The summed E-state index contributed by atoms with van der Waals surface area (Å²) in [4.78, 5) is 24.2. The van der Waals surface area contributed by atoms with Gasteiger partial charge in [0.05, 0.1) is 19.8 Å². The second-order valence-corrected chi connectivity index (χ2v) is 6.55. The van der Waals surface area contributed by atoms with Crippen LogP contribution in [0.15, 0.2) is 48.5 Å². The second kappa shape index (κ2) is 9.75. The number of nitrogens with one attached hydrogen (secondary N) is 3. The Balaban J connectivity index is 1.42. The van der Waals surface area contributed by atoms with Crippen molar-refractivity contribution in [3.63, 3.8) is 0 Å². The molecule has 1 aliphatic rings. The van der Waals surface area contributed by atoms with Gasteiger partial charge in [-0.15, -0.1) is 0 Å². The van der Waals surface area contributed by atoms with Gasteiger partial charge >= 0.3 is 0 Å². The van der Waals surface area contributed by atoms with Crippen LogP contribution in [0.5, 0.6) is 5.75 Å². The zero-order chi connectivity index (χ0) is 19.8. The number of ether oxygens (including phenoxy) is 2. The van der Waals surface area contributed by atoms with Crippen molar-refractivity contribution in [3.8, 4) is 5.75 Å². The first-order valence-corrected chi connectivity index (χ1v) is 9.31. The highest BCUT2D eigenvalue weighted by atomic mass is 16.5. The minimum absolute atomic E-state index is 0.120. The normalized spacial score (nSPS) is 15.7. The van der Waals surface area contributed by atoms with E-state index < -0.39 is 0 Å². The van der Waals surface area contributed by atoms with Gasteiger partial charge in [-0.25, -0.2) is 0 Å². The number of rotatable bonds is 8. The van der Waals surface area contributed by atoms with Gasteiger partial charge in [-0.2, -0.15) is 0 Å². The zero-order valence-electron chi connectivity index (χ0n) is 15.9. The van der Waals surface area contributed by atoms with Crippen molar-refractivity contribution in [2.45, 2.75) is 18.9 Å². The molecule has 1 aliphatic heterocycles. The lowest BCUT2D eigenvalue weighted by atomic mass is 10.2. The largest absolute Gasteiger partial charge is 0.497 e. The molecule has 148 valence electrons. The maximum Gasteiger partial charge on any atom is 0.251 e. The predicted octanol–water partition coefficient (Wildman–Crippen LogP) is 2.65. The summed E-state index contributed by atoms with van der Waals surface area (Å²) in [5.41, 5.74) is 2.04. The molecule has 2 aromatic carbocycles. The average Bonchev–Trinajstić information content (AvgIpc) is 3.25. The molecule has 28 heavy (non-hydrogen) atoms. The van der Waals surface area contributed by atoms with Gasteiger partial charge in [-0.05, 0) is 61.4 Å². The van der Waals surface area contributed by atoms with Gasteiger partial charge in [0.2, 0.25) is 5.91 Å². The number of hydrogen-bond donors (Lipinski definition) is 3. The monoisotopic (exact) mass is 383 g/mol. The number of methoxy groups -OCH3 is 1. The van der Waals surface area contributed by atoms with Gasteiger partial charge in [0.15, 0.2) is 0 Å². The topological polar surface area (TPSA) is 88.7 Å². The smallest absolute Gasteiger partial charge is 0.251 e. The Morgan fingerprint density at radius 3 is 2.43 bits per heavy atom. The van der Waals surface area contributed by atoms with Crippen molar-refractivity contribution in [2.24, 2.45) is 0 Å². The van der Waals surface area contributed by atoms with Gasteiger partial charge < -0.3 is 25.4 Å². The highest BCUT2D eigenvalue weighted by Crippen LogP contribution is 2.15. The Kier molecular flexibility index (Phi) is 6.86. The molecule has 1 fully saturated rings. The van der Waals surface area contributed by atoms with Crippen molar-refractivity contribution >= 4 is 23.2 Å². The summed E-state index contributed by atoms with van der Waals surface area (Å²) < 4.78 is 10.6. The molecule has 3 rings (SSSR count). The van der Waals surface area contributed by atoms with Gasteiger partial charge in [0.1, 0.15) is 5.75 Å². The van der Waals surface area contributed by atoms with E-state index in [1.165, 1.54) is 0 Å². The van der Waals surface area contributed by atoms with Crippen LogP contribution in [0, 0.1) is 0 Å². The summed E-state index contributed by atoms with van der Waals surface area (Å²) in [5.74, 6) is 0.443. The molecular formula is C21H25N3O4. The summed E-state index contributed by atoms with van der Waals surface area (Å²) in [6, 6.07) is 14.1. The van der Waals surface area contributed by atoms with E-state index in [1.807, 2.05) is 0 Å². The van der Waals surface area contributed by atoms with Crippen molar-refractivity contribution in [2.75, 3.05) is 37.4 Å². The molecule has 7 heteroatoms. The van der Waals surface area contributed by atoms with Crippen LogP contribution in [0.4, 0.5) is 11.4 Å². The van der Waals surface area contributed by atoms with E-state index in [4.69, 9.17) is 9.47 Å². The minimum atomic E-state index is -0.163. The molecule has 2 amide bonds. The second-order valence-electron chi connectivity index (χ2n) is 6.55.